The molecule has 4 nitrogen and oxygen atoms in total. The van der Waals surface area contributed by atoms with Crippen LogP contribution in [0.5, 0.6) is 0 Å². The van der Waals surface area contributed by atoms with Gasteiger partial charge in [-0.1, -0.05) is 18.2 Å². The van der Waals surface area contributed by atoms with Gasteiger partial charge in [-0.25, -0.2) is 0 Å². The zero-order valence-corrected chi connectivity index (χ0v) is 7.58. The SMILES string of the molecule is C=C(Cl)CNC(=O)c1ccnnc1. The summed E-state index contributed by atoms with van der Waals surface area (Å²) < 4.78 is 0. The van der Waals surface area contributed by atoms with Crippen molar-refractivity contribution in [3.05, 3.63) is 35.6 Å². The third kappa shape index (κ3) is 3.21. The molecule has 0 spiro atoms. The van der Waals surface area contributed by atoms with Crippen molar-refractivity contribution in [1.29, 1.82) is 0 Å². The molecule has 5 heteroatoms. The molecule has 1 amide bonds. The molecule has 0 aliphatic heterocycles. The number of rotatable bonds is 3. The van der Waals surface area contributed by atoms with Crippen LogP contribution in [-0.4, -0.2) is 22.6 Å². The topological polar surface area (TPSA) is 54.9 Å². The smallest absolute Gasteiger partial charge is 0.253 e. The molecule has 68 valence electrons. The second-order valence-electron chi connectivity index (χ2n) is 2.33. The zero-order chi connectivity index (χ0) is 9.68. The highest BCUT2D eigenvalue weighted by Gasteiger charge is 2.03. The Bertz CT molecular complexity index is 312. The molecule has 1 aromatic rings. The summed E-state index contributed by atoms with van der Waals surface area (Å²) in [6.45, 7) is 3.70. The van der Waals surface area contributed by atoms with E-state index in [0.717, 1.165) is 0 Å². The van der Waals surface area contributed by atoms with Crippen molar-refractivity contribution in [3.8, 4) is 0 Å². The number of carbonyl (C=O) groups excluding carboxylic acids is 1. The van der Waals surface area contributed by atoms with Gasteiger partial charge in [0.2, 0.25) is 0 Å². The largest absolute Gasteiger partial charge is 0.347 e. The molecule has 0 aliphatic rings. The quantitative estimate of drug-likeness (QED) is 0.785. The second-order valence-corrected chi connectivity index (χ2v) is 2.87. The summed E-state index contributed by atoms with van der Waals surface area (Å²) in [5, 5.41) is 10.1. The van der Waals surface area contributed by atoms with Crippen molar-refractivity contribution in [3.63, 3.8) is 0 Å². The Morgan fingerprint density at radius 2 is 2.38 bits per heavy atom. The summed E-state index contributed by atoms with van der Waals surface area (Å²) in [4.78, 5) is 11.3. The molecule has 13 heavy (non-hydrogen) atoms. The molecule has 1 heterocycles. The Hall–Kier alpha value is -1.42. The van der Waals surface area contributed by atoms with Gasteiger partial charge in [0.15, 0.2) is 0 Å². The van der Waals surface area contributed by atoms with Gasteiger partial charge in [0.25, 0.3) is 5.91 Å². The molecule has 1 aromatic heterocycles. The zero-order valence-electron chi connectivity index (χ0n) is 6.83. The highest BCUT2D eigenvalue weighted by Crippen LogP contribution is 1.96. The molecule has 0 atom stereocenters. The number of nitrogens with one attached hydrogen (secondary N) is 1. The Labute approximate surface area is 80.6 Å². The standard InChI is InChI=1S/C8H8ClN3O/c1-6(9)4-10-8(13)7-2-3-11-12-5-7/h2-3,5H,1,4H2,(H,10,13). The van der Waals surface area contributed by atoms with Gasteiger partial charge in [0.05, 0.1) is 24.5 Å². The molecule has 1 rings (SSSR count). The minimum atomic E-state index is -0.239. The van der Waals surface area contributed by atoms with E-state index in [9.17, 15) is 4.79 Å². The van der Waals surface area contributed by atoms with Crippen LogP contribution in [0.3, 0.4) is 0 Å². The van der Waals surface area contributed by atoms with Crippen LogP contribution in [0.1, 0.15) is 10.4 Å². The molecule has 1 N–H and O–H groups in total. The molecule has 0 fully saturated rings. The highest BCUT2D eigenvalue weighted by atomic mass is 35.5. The van der Waals surface area contributed by atoms with Gasteiger partial charge in [-0.2, -0.15) is 10.2 Å². The molecule has 0 bridgehead atoms. The van der Waals surface area contributed by atoms with Crippen LogP contribution in [0.15, 0.2) is 30.1 Å². The van der Waals surface area contributed by atoms with Crippen molar-refractivity contribution in [1.82, 2.24) is 15.5 Å². The van der Waals surface area contributed by atoms with Gasteiger partial charge in [0, 0.05) is 5.03 Å². The van der Waals surface area contributed by atoms with Crippen molar-refractivity contribution in [2.45, 2.75) is 0 Å². The lowest BCUT2D eigenvalue weighted by atomic mass is 10.3. The van der Waals surface area contributed by atoms with E-state index in [1.165, 1.54) is 12.4 Å². The van der Waals surface area contributed by atoms with E-state index >= 15 is 0 Å². The van der Waals surface area contributed by atoms with Gasteiger partial charge in [-0.15, -0.1) is 0 Å². The van der Waals surface area contributed by atoms with E-state index in [-0.39, 0.29) is 12.5 Å². The van der Waals surface area contributed by atoms with Crippen LogP contribution < -0.4 is 5.32 Å². The number of hydrogen-bond donors (Lipinski definition) is 1. The fourth-order valence-electron chi connectivity index (χ4n) is 0.703. The van der Waals surface area contributed by atoms with Crippen LogP contribution in [0.2, 0.25) is 0 Å². The van der Waals surface area contributed by atoms with Gasteiger partial charge in [-0.05, 0) is 6.07 Å². The number of carbonyl (C=O) groups is 1. The third-order valence-corrected chi connectivity index (χ3v) is 1.42. The van der Waals surface area contributed by atoms with Crippen molar-refractivity contribution >= 4 is 17.5 Å². The molecule has 0 aliphatic carbocycles. The predicted octanol–water partition coefficient (Wildman–Crippen LogP) is 0.959. The molecule has 0 aromatic carbocycles. The summed E-state index contributed by atoms with van der Waals surface area (Å²) in [6, 6.07) is 1.57. The summed E-state index contributed by atoms with van der Waals surface area (Å²) in [6.07, 6.45) is 2.83. The summed E-state index contributed by atoms with van der Waals surface area (Å²) in [5.41, 5.74) is 0.452. The number of amides is 1. The van der Waals surface area contributed by atoms with Crippen molar-refractivity contribution in [2.75, 3.05) is 6.54 Å². The summed E-state index contributed by atoms with van der Waals surface area (Å²) in [5.74, 6) is -0.239. The number of halogens is 1. The van der Waals surface area contributed by atoms with E-state index in [0.29, 0.717) is 10.6 Å². The van der Waals surface area contributed by atoms with Gasteiger partial charge in [0.1, 0.15) is 0 Å². The first-order valence-electron chi connectivity index (χ1n) is 3.58. The van der Waals surface area contributed by atoms with E-state index in [1.807, 2.05) is 0 Å². The van der Waals surface area contributed by atoms with Crippen LogP contribution in [0.4, 0.5) is 0 Å². The minimum Gasteiger partial charge on any atom is -0.347 e. The number of nitrogens with zero attached hydrogens (tertiary/aromatic N) is 2. The fourth-order valence-corrected chi connectivity index (χ4v) is 0.770. The summed E-state index contributed by atoms with van der Waals surface area (Å²) >= 11 is 5.47. The van der Waals surface area contributed by atoms with E-state index in [1.54, 1.807) is 6.07 Å². The van der Waals surface area contributed by atoms with E-state index in [2.05, 4.69) is 22.1 Å². The second kappa shape index (κ2) is 4.57. The van der Waals surface area contributed by atoms with Gasteiger partial charge < -0.3 is 5.32 Å². The predicted molar refractivity (Wildman–Crippen MR) is 49.4 cm³/mol. The molecule has 0 saturated heterocycles. The van der Waals surface area contributed by atoms with Crippen LogP contribution in [0, 0.1) is 0 Å². The lowest BCUT2D eigenvalue weighted by Crippen LogP contribution is -2.24. The van der Waals surface area contributed by atoms with Crippen LogP contribution in [0.25, 0.3) is 0 Å². The molecule has 0 radical (unpaired) electrons. The monoisotopic (exact) mass is 197 g/mol. The molecular formula is C8H8ClN3O. The molecule has 0 saturated carbocycles. The van der Waals surface area contributed by atoms with Crippen LogP contribution in [-0.2, 0) is 0 Å². The Morgan fingerprint density at radius 3 is 2.92 bits per heavy atom. The van der Waals surface area contributed by atoms with Crippen molar-refractivity contribution < 1.29 is 4.79 Å². The lowest BCUT2D eigenvalue weighted by Gasteiger charge is -2.01. The lowest BCUT2D eigenvalue weighted by molar-refractivity contribution is 0.0957. The Kier molecular flexibility index (Phi) is 3.40. The van der Waals surface area contributed by atoms with Crippen molar-refractivity contribution in [2.24, 2.45) is 0 Å². The average molecular weight is 198 g/mol. The first-order chi connectivity index (χ1) is 6.20. The Morgan fingerprint density at radius 1 is 1.62 bits per heavy atom. The Balaban J connectivity index is 2.54. The maximum atomic E-state index is 11.3. The normalized spacial score (nSPS) is 9.31. The highest BCUT2D eigenvalue weighted by molar-refractivity contribution is 6.29. The average Bonchev–Trinajstić information content (AvgIpc) is 2.15. The first-order valence-corrected chi connectivity index (χ1v) is 3.96. The van der Waals surface area contributed by atoms with Crippen LogP contribution >= 0.6 is 11.6 Å². The van der Waals surface area contributed by atoms with Gasteiger partial charge >= 0.3 is 0 Å². The van der Waals surface area contributed by atoms with E-state index < -0.39 is 0 Å². The fraction of sp³-hybridized carbons (Fsp3) is 0.125. The number of hydrogen-bond acceptors (Lipinski definition) is 3. The van der Waals surface area contributed by atoms with Gasteiger partial charge in [-0.3, -0.25) is 4.79 Å². The molecule has 0 unspecified atom stereocenters. The first kappa shape index (κ1) is 9.67. The third-order valence-electron chi connectivity index (χ3n) is 1.29. The molecular weight excluding hydrogens is 190 g/mol. The maximum Gasteiger partial charge on any atom is 0.253 e. The van der Waals surface area contributed by atoms with E-state index in [4.69, 9.17) is 11.6 Å². The number of aromatic nitrogens is 2. The maximum absolute atomic E-state index is 11.3. The minimum absolute atomic E-state index is 0.239. The summed E-state index contributed by atoms with van der Waals surface area (Å²) in [7, 11) is 0.